The van der Waals surface area contributed by atoms with Crippen molar-refractivity contribution >= 4 is 35.2 Å². The first-order chi connectivity index (χ1) is 13.8. The molecule has 0 saturated carbocycles. The van der Waals surface area contributed by atoms with Gasteiger partial charge in [-0.15, -0.1) is 11.3 Å². The van der Waals surface area contributed by atoms with Gasteiger partial charge in [-0.3, -0.25) is 19.7 Å². The third-order valence-corrected chi connectivity index (χ3v) is 4.95. The molecule has 0 fully saturated rings. The van der Waals surface area contributed by atoms with Crippen molar-refractivity contribution in [3.63, 3.8) is 0 Å². The lowest BCUT2D eigenvalue weighted by atomic mass is 10.1. The molecular formula is C20H23N3O5S. The predicted molar refractivity (Wildman–Crippen MR) is 109 cm³/mol. The van der Waals surface area contributed by atoms with Gasteiger partial charge < -0.3 is 15.4 Å². The summed E-state index contributed by atoms with van der Waals surface area (Å²) in [6.07, 6.45) is 0.661. The van der Waals surface area contributed by atoms with Crippen LogP contribution < -0.4 is 16.0 Å². The molecule has 2 aromatic rings. The number of benzene rings is 1. The van der Waals surface area contributed by atoms with Crippen LogP contribution in [0.2, 0.25) is 0 Å². The number of amides is 4. The fraction of sp³-hybridized carbons (Fsp3) is 0.300. The van der Waals surface area contributed by atoms with Gasteiger partial charge in [-0.1, -0.05) is 12.1 Å². The van der Waals surface area contributed by atoms with E-state index in [0.717, 1.165) is 16.0 Å². The monoisotopic (exact) mass is 417 g/mol. The summed E-state index contributed by atoms with van der Waals surface area (Å²) in [7, 11) is 0. The second kappa shape index (κ2) is 11.0. The lowest BCUT2D eigenvalue weighted by molar-refractivity contribution is -0.147. The fourth-order valence-electron chi connectivity index (χ4n) is 2.30. The van der Waals surface area contributed by atoms with Gasteiger partial charge in [-0.05, 0) is 55.0 Å². The van der Waals surface area contributed by atoms with Crippen LogP contribution in [0, 0.1) is 13.8 Å². The first-order valence-electron chi connectivity index (χ1n) is 8.96. The van der Waals surface area contributed by atoms with Crippen LogP contribution in [0.15, 0.2) is 35.7 Å². The van der Waals surface area contributed by atoms with E-state index in [1.807, 2.05) is 37.4 Å². The lowest BCUT2D eigenvalue weighted by Crippen LogP contribution is -2.42. The molecule has 0 radical (unpaired) electrons. The van der Waals surface area contributed by atoms with E-state index in [0.29, 0.717) is 18.5 Å². The van der Waals surface area contributed by atoms with Crippen molar-refractivity contribution in [2.45, 2.75) is 20.3 Å². The number of hydrogen-bond acceptors (Lipinski definition) is 6. The Labute approximate surface area is 172 Å². The summed E-state index contributed by atoms with van der Waals surface area (Å²) < 4.78 is 4.75. The molecule has 9 heteroatoms. The second-order valence-electron chi connectivity index (χ2n) is 6.28. The number of ether oxygens (including phenoxy) is 1. The van der Waals surface area contributed by atoms with Crippen molar-refractivity contribution in [1.29, 1.82) is 0 Å². The topological polar surface area (TPSA) is 114 Å². The van der Waals surface area contributed by atoms with E-state index in [2.05, 4.69) is 16.0 Å². The molecule has 0 atom stereocenters. The first-order valence-corrected chi connectivity index (χ1v) is 9.84. The molecule has 0 bridgehead atoms. The lowest BCUT2D eigenvalue weighted by Gasteiger charge is -2.08. The third-order valence-electron chi connectivity index (χ3n) is 4.02. The van der Waals surface area contributed by atoms with Crippen molar-refractivity contribution < 1.29 is 23.9 Å². The Morgan fingerprint density at radius 3 is 2.52 bits per heavy atom. The number of rotatable bonds is 8. The van der Waals surface area contributed by atoms with E-state index in [-0.39, 0.29) is 6.54 Å². The number of carbonyl (C=O) groups excluding carboxylic acids is 4. The van der Waals surface area contributed by atoms with Gasteiger partial charge in [0.2, 0.25) is 0 Å². The minimum Gasteiger partial charge on any atom is -0.454 e. The van der Waals surface area contributed by atoms with Crippen LogP contribution in [-0.2, 0) is 20.7 Å². The van der Waals surface area contributed by atoms with Gasteiger partial charge in [0, 0.05) is 17.0 Å². The average molecular weight is 417 g/mol. The molecule has 0 saturated heterocycles. The van der Waals surface area contributed by atoms with E-state index in [1.54, 1.807) is 23.5 Å². The van der Waals surface area contributed by atoms with E-state index in [1.165, 1.54) is 0 Å². The summed E-state index contributed by atoms with van der Waals surface area (Å²) in [4.78, 5) is 48.1. The summed E-state index contributed by atoms with van der Waals surface area (Å²) in [5.74, 6) is -1.96. The standard InChI is InChI=1S/C20H23N3O5S/c1-13-5-6-15(10-14(13)2)19(26)22-11-18(25)28-12-17(24)23-20(27)21-8-7-16-4-3-9-29-16/h3-6,9-10H,7-8,11-12H2,1-2H3,(H,22,26)(H2,21,23,24,27). The highest BCUT2D eigenvalue weighted by Crippen LogP contribution is 2.09. The van der Waals surface area contributed by atoms with Crippen LogP contribution in [0.5, 0.6) is 0 Å². The minimum absolute atomic E-state index is 0.379. The maximum Gasteiger partial charge on any atom is 0.325 e. The molecule has 3 N–H and O–H groups in total. The number of esters is 1. The van der Waals surface area contributed by atoms with Crippen molar-refractivity contribution in [2.24, 2.45) is 0 Å². The van der Waals surface area contributed by atoms with Crippen LogP contribution in [0.25, 0.3) is 0 Å². The zero-order chi connectivity index (χ0) is 21.2. The molecule has 8 nitrogen and oxygen atoms in total. The molecule has 0 aliphatic carbocycles. The van der Waals surface area contributed by atoms with Crippen LogP contribution in [0.1, 0.15) is 26.4 Å². The van der Waals surface area contributed by atoms with Gasteiger partial charge in [0.15, 0.2) is 6.61 Å². The number of nitrogens with one attached hydrogen (secondary N) is 3. The summed E-state index contributed by atoms with van der Waals surface area (Å²) in [6, 6.07) is 8.41. The van der Waals surface area contributed by atoms with Gasteiger partial charge in [0.25, 0.3) is 11.8 Å². The van der Waals surface area contributed by atoms with Crippen molar-refractivity contribution in [3.05, 3.63) is 57.3 Å². The number of carbonyl (C=O) groups is 4. The Balaban J connectivity index is 1.62. The van der Waals surface area contributed by atoms with Crippen LogP contribution in [0.4, 0.5) is 4.79 Å². The number of imide groups is 1. The molecule has 4 amide bonds. The molecule has 29 heavy (non-hydrogen) atoms. The van der Waals surface area contributed by atoms with Gasteiger partial charge in [-0.25, -0.2) is 4.79 Å². The summed E-state index contributed by atoms with van der Waals surface area (Å²) in [5.41, 5.74) is 2.45. The predicted octanol–water partition coefficient (Wildman–Crippen LogP) is 1.71. The number of thiophene rings is 1. The van der Waals surface area contributed by atoms with Gasteiger partial charge in [0.05, 0.1) is 0 Å². The summed E-state index contributed by atoms with van der Waals surface area (Å²) in [6.45, 7) is 3.20. The van der Waals surface area contributed by atoms with Crippen molar-refractivity contribution in [2.75, 3.05) is 19.7 Å². The smallest absolute Gasteiger partial charge is 0.325 e. The maximum absolute atomic E-state index is 12.0. The molecule has 1 aromatic heterocycles. The van der Waals surface area contributed by atoms with Crippen molar-refractivity contribution in [3.8, 4) is 0 Å². The number of urea groups is 1. The highest BCUT2D eigenvalue weighted by Gasteiger charge is 2.13. The summed E-state index contributed by atoms with van der Waals surface area (Å²) in [5, 5.41) is 8.98. The largest absolute Gasteiger partial charge is 0.454 e. The quantitative estimate of drug-likeness (QED) is 0.566. The molecule has 0 aliphatic rings. The molecule has 0 unspecified atom stereocenters. The highest BCUT2D eigenvalue weighted by atomic mass is 32.1. The molecule has 1 aromatic carbocycles. The van der Waals surface area contributed by atoms with Crippen LogP contribution in [-0.4, -0.2) is 43.5 Å². The normalized spacial score (nSPS) is 10.1. The van der Waals surface area contributed by atoms with Gasteiger partial charge >= 0.3 is 12.0 Å². The number of hydrogen-bond donors (Lipinski definition) is 3. The Morgan fingerprint density at radius 2 is 1.83 bits per heavy atom. The molecule has 2 rings (SSSR count). The minimum atomic E-state index is -0.782. The van der Waals surface area contributed by atoms with E-state index >= 15 is 0 Å². The summed E-state index contributed by atoms with van der Waals surface area (Å²) >= 11 is 1.58. The van der Waals surface area contributed by atoms with Gasteiger partial charge in [0.1, 0.15) is 6.54 Å². The number of aryl methyl sites for hydroxylation is 2. The van der Waals surface area contributed by atoms with E-state index in [9.17, 15) is 19.2 Å². The zero-order valence-corrected chi connectivity index (χ0v) is 17.1. The second-order valence-corrected chi connectivity index (χ2v) is 7.31. The fourth-order valence-corrected chi connectivity index (χ4v) is 3.00. The van der Waals surface area contributed by atoms with E-state index in [4.69, 9.17) is 4.74 Å². The van der Waals surface area contributed by atoms with Gasteiger partial charge in [-0.2, -0.15) is 0 Å². The molecule has 1 heterocycles. The average Bonchev–Trinajstić information content (AvgIpc) is 3.20. The Bertz CT molecular complexity index is 880. The van der Waals surface area contributed by atoms with Crippen LogP contribution >= 0.6 is 11.3 Å². The van der Waals surface area contributed by atoms with Crippen molar-refractivity contribution in [1.82, 2.24) is 16.0 Å². The first kappa shape index (κ1) is 22.1. The Kier molecular flexibility index (Phi) is 8.35. The molecular weight excluding hydrogens is 394 g/mol. The Hall–Kier alpha value is -3.20. The zero-order valence-electron chi connectivity index (χ0n) is 16.2. The molecule has 154 valence electrons. The molecule has 0 aliphatic heterocycles. The Morgan fingerprint density at radius 1 is 1.03 bits per heavy atom. The van der Waals surface area contributed by atoms with Crippen LogP contribution in [0.3, 0.4) is 0 Å². The third kappa shape index (κ3) is 7.74. The highest BCUT2D eigenvalue weighted by molar-refractivity contribution is 7.09. The molecule has 0 spiro atoms. The maximum atomic E-state index is 12.0. The van der Waals surface area contributed by atoms with E-state index < -0.39 is 30.4 Å². The SMILES string of the molecule is Cc1ccc(C(=O)NCC(=O)OCC(=O)NC(=O)NCCc2cccs2)cc1C.